The van der Waals surface area contributed by atoms with Crippen LogP contribution >= 0.6 is 0 Å². The van der Waals surface area contributed by atoms with Crippen molar-refractivity contribution < 1.29 is 14.3 Å². The molecule has 0 saturated carbocycles. The van der Waals surface area contributed by atoms with E-state index < -0.39 is 0 Å². The number of anilines is 2. The number of para-hydroxylation sites is 1. The van der Waals surface area contributed by atoms with E-state index in [1.807, 2.05) is 55.5 Å². The third-order valence-corrected chi connectivity index (χ3v) is 6.72. The quantitative estimate of drug-likeness (QED) is 0.314. The molecule has 0 amide bonds. The van der Waals surface area contributed by atoms with Gasteiger partial charge in [0.25, 0.3) is 0 Å². The Morgan fingerprint density at radius 2 is 1.47 bits per heavy atom. The Kier molecular flexibility index (Phi) is 6.17. The summed E-state index contributed by atoms with van der Waals surface area (Å²) < 4.78 is 12.2. The highest BCUT2D eigenvalue weighted by molar-refractivity contribution is 5.86. The van der Waals surface area contributed by atoms with Gasteiger partial charge in [0.15, 0.2) is 5.43 Å². The van der Waals surface area contributed by atoms with Gasteiger partial charge in [-0.3, -0.25) is 4.79 Å². The summed E-state index contributed by atoms with van der Waals surface area (Å²) in [5.74, 6) is 2.05. The summed E-state index contributed by atoms with van der Waals surface area (Å²) in [7, 11) is 0. The fourth-order valence-electron chi connectivity index (χ4n) is 4.86. The molecule has 38 heavy (non-hydrogen) atoms. The van der Waals surface area contributed by atoms with Gasteiger partial charge in [-0.1, -0.05) is 48.5 Å². The van der Waals surface area contributed by atoms with Crippen molar-refractivity contribution in [2.75, 3.05) is 36.0 Å². The summed E-state index contributed by atoms with van der Waals surface area (Å²) in [6, 6.07) is 28.0. The van der Waals surface area contributed by atoms with Crippen LogP contribution in [0.4, 0.5) is 11.5 Å². The van der Waals surface area contributed by atoms with Gasteiger partial charge in [-0.2, -0.15) is 0 Å². The van der Waals surface area contributed by atoms with E-state index in [9.17, 15) is 9.90 Å². The van der Waals surface area contributed by atoms with E-state index in [4.69, 9.17) is 14.1 Å². The zero-order valence-corrected chi connectivity index (χ0v) is 21.0. The Morgan fingerprint density at radius 1 is 0.816 bits per heavy atom. The van der Waals surface area contributed by atoms with E-state index in [-0.39, 0.29) is 22.1 Å². The number of aromatic nitrogens is 1. The molecule has 1 N–H and O–H groups in total. The molecule has 1 aliphatic heterocycles. The van der Waals surface area contributed by atoms with Crippen LogP contribution in [-0.4, -0.2) is 36.3 Å². The van der Waals surface area contributed by atoms with Crippen molar-refractivity contribution in [2.24, 2.45) is 0 Å². The maximum Gasteiger partial charge on any atom is 0.197 e. The molecule has 190 valence electrons. The van der Waals surface area contributed by atoms with Crippen molar-refractivity contribution in [3.63, 3.8) is 0 Å². The summed E-state index contributed by atoms with van der Waals surface area (Å²) in [5.41, 5.74) is 2.77. The molecule has 0 radical (unpaired) electrons. The highest BCUT2D eigenvalue weighted by Crippen LogP contribution is 2.34. The van der Waals surface area contributed by atoms with Crippen LogP contribution in [0.2, 0.25) is 0 Å². The number of phenolic OH excluding ortho intramolecular Hbond substituents is 1. The minimum absolute atomic E-state index is 0.125. The molecular weight excluding hydrogens is 478 g/mol. The molecule has 7 nitrogen and oxygen atoms in total. The predicted octanol–water partition coefficient (Wildman–Crippen LogP) is 5.99. The molecule has 3 heterocycles. The molecule has 7 heteroatoms. The van der Waals surface area contributed by atoms with Crippen LogP contribution in [0.15, 0.2) is 100 Å². The van der Waals surface area contributed by atoms with Gasteiger partial charge in [0, 0.05) is 73.5 Å². The van der Waals surface area contributed by atoms with Crippen molar-refractivity contribution in [3.8, 4) is 28.6 Å². The molecule has 1 saturated heterocycles. The minimum atomic E-state index is -0.314. The first-order valence-corrected chi connectivity index (χ1v) is 12.6. The van der Waals surface area contributed by atoms with Crippen LogP contribution in [0.3, 0.4) is 0 Å². The number of benzene rings is 3. The Labute approximate surface area is 220 Å². The zero-order valence-electron chi connectivity index (χ0n) is 21.0. The molecule has 3 aromatic carbocycles. The highest BCUT2D eigenvalue weighted by atomic mass is 16.5. The van der Waals surface area contributed by atoms with E-state index in [0.717, 1.165) is 43.3 Å². The fourth-order valence-corrected chi connectivity index (χ4v) is 4.86. The lowest BCUT2D eigenvalue weighted by atomic mass is 10.1. The van der Waals surface area contributed by atoms with E-state index in [1.54, 1.807) is 6.07 Å². The first kappa shape index (κ1) is 23.6. The fraction of sp³-hybridized carbons (Fsp3) is 0.161. The second kappa shape index (κ2) is 9.94. The van der Waals surface area contributed by atoms with Gasteiger partial charge < -0.3 is 24.1 Å². The molecule has 5 aromatic rings. The van der Waals surface area contributed by atoms with Gasteiger partial charge in [0.05, 0.1) is 0 Å². The van der Waals surface area contributed by atoms with Crippen molar-refractivity contribution in [1.29, 1.82) is 0 Å². The molecule has 0 bridgehead atoms. The third kappa shape index (κ3) is 4.78. The number of ether oxygens (including phenoxy) is 1. The largest absolute Gasteiger partial charge is 0.507 e. The topological polar surface area (TPSA) is 79.0 Å². The van der Waals surface area contributed by atoms with Crippen LogP contribution in [-0.2, 0) is 0 Å². The molecule has 0 atom stereocenters. The Balaban J connectivity index is 1.26. The van der Waals surface area contributed by atoms with Crippen molar-refractivity contribution >= 4 is 22.5 Å². The maximum absolute atomic E-state index is 12.8. The van der Waals surface area contributed by atoms with E-state index in [0.29, 0.717) is 17.3 Å². The first-order valence-electron chi connectivity index (χ1n) is 12.6. The first-order chi connectivity index (χ1) is 18.5. The molecule has 1 aliphatic rings. The summed E-state index contributed by atoms with van der Waals surface area (Å²) in [6.07, 6.45) is 0. The van der Waals surface area contributed by atoms with Crippen molar-refractivity contribution in [1.82, 2.24) is 4.98 Å². The van der Waals surface area contributed by atoms with Crippen LogP contribution in [0.25, 0.3) is 22.3 Å². The predicted molar refractivity (Wildman–Crippen MR) is 150 cm³/mol. The Morgan fingerprint density at radius 3 is 2.21 bits per heavy atom. The number of hydrogen-bond acceptors (Lipinski definition) is 7. The molecule has 2 aromatic heterocycles. The van der Waals surface area contributed by atoms with Crippen LogP contribution in [0.1, 0.15) is 5.69 Å². The standard InChI is InChI=1S/C31H27N3O4/c1-21-16-24(19-30(32-21)34-14-12-33(13-15-34)23-10-6-3-7-11-23)37-25-17-26(35)31-27(36)20-28(38-29(31)18-25)22-8-4-2-5-9-22/h2-11,16-20,35H,12-15H2,1H3. The Hall–Kier alpha value is -4.78. The number of hydrogen-bond donors (Lipinski definition) is 1. The SMILES string of the molecule is Cc1cc(Oc2cc(O)c3c(=O)cc(-c4ccccc4)oc3c2)cc(N2CCN(c3ccccc3)CC2)n1. The lowest BCUT2D eigenvalue weighted by Crippen LogP contribution is -2.46. The lowest BCUT2D eigenvalue weighted by molar-refractivity contribution is 0.456. The molecule has 0 unspecified atom stereocenters. The van der Waals surface area contributed by atoms with Crippen LogP contribution < -0.4 is 20.0 Å². The number of aryl methyl sites for hydroxylation is 1. The van der Waals surface area contributed by atoms with E-state index in [2.05, 4.69) is 34.1 Å². The van der Waals surface area contributed by atoms with Crippen LogP contribution in [0, 0.1) is 6.92 Å². The smallest absolute Gasteiger partial charge is 0.197 e. The zero-order chi connectivity index (χ0) is 26.1. The van der Waals surface area contributed by atoms with Gasteiger partial charge in [0.1, 0.15) is 39.8 Å². The molecule has 0 spiro atoms. The van der Waals surface area contributed by atoms with Gasteiger partial charge in [-0.05, 0) is 19.1 Å². The summed E-state index contributed by atoms with van der Waals surface area (Å²) in [5, 5.41) is 10.8. The average Bonchev–Trinajstić information content (AvgIpc) is 2.93. The van der Waals surface area contributed by atoms with Gasteiger partial charge in [-0.25, -0.2) is 4.98 Å². The Bertz CT molecular complexity index is 1640. The second-order valence-electron chi connectivity index (χ2n) is 9.37. The lowest BCUT2D eigenvalue weighted by Gasteiger charge is -2.37. The van der Waals surface area contributed by atoms with Crippen LogP contribution in [0.5, 0.6) is 17.2 Å². The molecule has 1 fully saturated rings. The normalized spacial score (nSPS) is 13.6. The number of fused-ring (bicyclic) bond motifs is 1. The number of piperazine rings is 1. The van der Waals surface area contributed by atoms with Crippen molar-refractivity contribution in [3.05, 3.63) is 107 Å². The number of pyridine rings is 1. The number of rotatable bonds is 5. The summed E-state index contributed by atoms with van der Waals surface area (Å²) >= 11 is 0. The van der Waals surface area contributed by atoms with Crippen molar-refractivity contribution in [2.45, 2.75) is 6.92 Å². The van der Waals surface area contributed by atoms with Gasteiger partial charge >= 0.3 is 0 Å². The summed E-state index contributed by atoms with van der Waals surface area (Å²) in [6.45, 7) is 5.41. The minimum Gasteiger partial charge on any atom is -0.507 e. The van der Waals surface area contributed by atoms with E-state index in [1.165, 1.54) is 17.8 Å². The molecular formula is C31H27N3O4. The number of aromatic hydroxyl groups is 1. The maximum atomic E-state index is 12.8. The van der Waals surface area contributed by atoms with Gasteiger partial charge in [0.2, 0.25) is 0 Å². The second-order valence-corrected chi connectivity index (χ2v) is 9.37. The third-order valence-electron chi connectivity index (χ3n) is 6.72. The molecule has 0 aliphatic carbocycles. The average molecular weight is 506 g/mol. The molecule has 6 rings (SSSR count). The number of nitrogens with zero attached hydrogens (tertiary/aromatic N) is 3. The number of phenols is 1. The summed E-state index contributed by atoms with van der Waals surface area (Å²) in [4.78, 5) is 22.1. The highest BCUT2D eigenvalue weighted by Gasteiger charge is 2.20. The van der Waals surface area contributed by atoms with E-state index >= 15 is 0 Å². The van der Waals surface area contributed by atoms with Gasteiger partial charge in [-0.15, -0.1) is 0 Å². The monoisotopic (exact) mass is 505 g/mol.